The Morgan fingerprint density at radius 3 is 2.70 bits per heavy atom. The van der Waals surface area contributed by atoms with E-state index in [-0.39, 0.29) is 0 Å². The molecule has 4 heteroatoms. The summed E-state index contributed by atoms with van der Waals surface area (Å²) in [4.78, 5) is 6.80. The molecule has 1 aromatic heterocycles. The highest BCUT2D eigenvalue weighted by Gasteiger charge is 2.15. The lowest BCUT2D eigenvalue weighted by atomic mass is 10.1. The largest absolute Gasteiger partial charge is 0.383 e. The lowest BCUT2D eigenvalue weighted by molar-refractivity contribution is 0.181. The standard InChI is InChI=1S/C16H29N3O/c1-6-9-17-14(4)15-8-10-18-16(11-15)19(7-2)13(3)12-20-5/h8,10-11,13-14,17H,6-7,9,12H2,1-5H3. The average Bonchev–Trinajstić information content (AvgIpc) is 2.46. The first-order valence-electron chi connectivity index (χ1n) is 7.58. The van der Waals surface area contributed by atoms with Gasteiger partial charge in [0.25, 0.3) is 0 Å². The SMILES string of the molecule is CCCNC(C)c1ccnc(N(CC)C(C)COC)c1. The third kappa shape index (κ3) is 4.76. The molecule has 2 unspecified atom stereocenters. The van der Waals surface area contributed by atoms with Crippen LogP contribution in [0.3, 0.4) is 0 Å². The average molecular weight is 279 g/mol. The predicted octanol–water partition coefficient (Wildman–Crippen LogP) is 3.00. The molecule has 0 aromatic carbocycles. The summed E-state index contributed by atoms with van der Waals surface area (Å²) in [6.07, 6.45) is 3.05. The molecule has 1 N–H and O–H groups in total. The van der Waals surface area contributed by atoms with Gasteiger partial charge in [-0.1, -0.05) is 6.92 Å². The van der Waals surface area contributed by atoms with Gasteiger partial charge in [-0.25, -0.2) is 4.98 Å². The Bertz CT molecular complexity index is 384. The van der Waals surface area contributed by atoms with Gasteiger partial charge in [-0.15, -0.1) is 0 Å². The van der Waals surface area contributed by atoms with Crippen molar-refractivity contribution in [3.8, 4) is 0 Å². The molecule has 0 aliphatic rings. The Labute approximate surface area is 123 Å². The fraction of sp³-hybridized carbons (Fsp3) is 0.688. The number of hydrogen-bond acceptors (Lipinski definition) is 4. The van der Waals surface area contributed by atoms with Crippen molar-refractivity contribution in [3.05, 3.63) is 23.9 Å². The zero-order valence-corrected chi connectivity index (χ0v) is 13.5. The first-order chi connectivity index (χ1) is 9.63. The first-order valence-corrected chi connectivity index (χ1v) is 7.58. The summed E-state index contributed by atoms with van der Waals surface area (Å²) in [5, 5.41) is 3.52. The second kappa shape index (κ2) is 8.93. The van der Waals surface area contributed by atoms with Gasteiger partial charge in [-0.3, -0.25) is 0 Å². The molecule has 0 saturated carbocycles. The van der Waals surface area contributed by atoms with Crippen molar-refractivity contribution < 1.29 is 4.74 Å². The number of hydrogen-bond donors (Lipinski definition) is 1. The lowest BCUT2D eigenvalue weighted by Gasteiger charge is -2.29. The van der Waals surface area contributed by atoms with E-state index >= 15 is 0 Å². The zero-order chi connectivity index (χ0) is 15.0. The third-order valence-electron chi connectivity index (χ3n) is 3.54. The molecule has 0 aliphatic carbocycles. The number of aromatic nitrogens is 1. The van der Waals surface area contributed by atoms with E-state index in [1.54, 1.807) is 7.11 Å². The van der Waals surface area contributed by atoms with Crippen LogP contribution >= 0.6 is 0 Å². The molecule has 4 nitrogen and oxygen atoms in total. The summed E-state index contributed by atoms with van der Waals surface area (Å²) >= 11 is 0. The Hall–Kier alpha value is -1.13. The first kappa shape index (κ1) is 16.9. The molecule has 2 atom stereocenters. The van der Waals surface area contributed by atoms with Crippen LogP contribution in [0.5, 0.6) is 0 Å². The molecule has 0 spiro atoms. The smallest absolute Gasteiger partial charge is 0.129 e. The van der Waals surface area contributed by atoms with E-state index in [2.05, 4.69) is 55.0 Å². The highest BCUT2D eigenvalue weighted by atomic mass is 16.5. The number of pyridine rings is 1. The van der Waals surface area contributed by atoms with Crippen molar-refractivity contribution in [2.24, 2.45) is 0 Å². The fourth-order valence-electron chi connectivity index (χ4n) is 2.37. The number of methoxy groups -OCH3 is 1. The molecule has 20 heavy (non-hydrogen) atoms. The summed E-state index contributed by atoms with van der Waals surface area (Å²) in [6.45, 7) is 11.4. The van der Waals surface area contributed by atoms with Crippen LogP contribution < -0.4 is 10.2 Å². The van der Waals surface area contributed by atoms with Gasteiger partial charge in [0.05, 0.1) is 12.6 Å². The minimum atomic E-state index is 0.326. The second-order valence-electron chi connectivity index (χ2n) is 5.21. The minimum Gasteiger partial charge on any atom is -0.383 e. The Balaban J connectivity index is 2.84. The van der Waals surface area contributed by atoms with Crippen molar-refractivity contribution in [2.45, 2.75) is 46.2 Å². The van der Waals surface area contributed by atoms with Crippen LogP contribution in [-0.2, 0) is 4.74 Å². The lowest BCUT2D eigenvalue weighted by Crippen LogP contribution is -2.36. The van der Waals surface area contributed by atoms with E-state index in [1.807, 2.05) is 6.20 Å². The van der Waals surface area contributed by atoms with E-state index in [1.165, 1.54) is 5.56 Å². The van der Waals surface area contributed by atoms with Crippen molar-refractivity contribution in [1.29, 1.82) is 0 Å². The van der Waals surface area contributed by atoms with Crippen molar-refractivity contribution in [3.63, 3.8) is 0 Å². The molecular weight excluding hydrogens is 250 g/mol. The molecule has 1 heterocycles. The topological polar surface area (TPSA) is 37.4 Å². The van der Waals surface area contributed by atoms with Gasteiger partial charge in [-0.05, 0) is 51.4 Å². The second-order valence-corrected chi connectivity index (χ2v) is 5.21. The normalized spacial score (nSPS) is 14.1. The van der Waals surface area contributed by atoms with Gasteiger partial charge in [0.15, 0.2) is 0 Å². The van der Waals surface area contributed by atoms with Gasteiger partial charge in [0.1, 0.15) is 5.82 Å². The van der Waals surface area contributed by atoms with Crippen LogP contribution in [0.1, 0.15) is 45.7 Å². The number of ether oxygens (including phenoxy) is 1. The van der Waals surface area contributed by atoms with Crippen LogP contribution in [-0.4, -0.2) is 37.8 Å². The Morgan fingerprint density at radius 1 is 1.35 bits per heavy atom. The maximum atomic E-state index is 5.26. The molecule has 0 radical (unpaired) electrons. The fourth-order valence-corrected chi connectivity index (χ4v) is 2.37. The number of rotatable bonds is 9. The molecule has 0 saturated heterocycles. The van der Waals surface area contributed by atoms with E-state index < -0.39 is 0 Å². The van der Waals surface area contributed by atoms with Gasteiger partial charge >= 0.3 is 0 Å². The Kier molecular flexibility index (Phi) is 7.55. The summed E-state index contributed by atoms with van der Waals surface area (Å²) < 4.78 is 5.26. The third-order valence-corrected chi connectivity index (χ3v) is 3.54. The van der Waals surface area contributed by atoms with E-state index in [0.29, 0.717) is 18.7 Å². The molecule has 0 fully saturated rings. The molecule has 0 amide bonds. The predicted molar refractivity (Wildman–Crippen MR) is 85.3 cm³/mol. The molecular formula is C16H29N3O. The maximum Gasteiger partial charge on any atom is 0.129 e. The molecule has 0 aliphatic heterocycles. The van der Waals surface area contributed by atoms with E-state index in [0.717, 1.165) is 25.3 Å². The minimum absolute atomic E-state index is 0.326. The van der Waals surface area contributed by atoms with Crippen molar-refractivity contribution >= 4 is 5.82 Å². The van der Waals surface area contributed by atoms with Crippen molar-refractivity contribution in [1.82, 2.24) is 10.3 Å². The van der Waals surface area contributed by atoms with E-state index in [9.17, 15) is 0 Å². The van der Waals surface area contributed by atoms with Crippen LogP contribution in [0, 0.1) is 0 Å². The highest BCUT2D eigenvalue weighted by Crippen LogP contribution is 2.20. The molecule has 1 aromatic rings. The summed E-state index contributed by atoms with van der Waals surface area (Å²) in [6, 6.07) is 4.95. The maximum absolute atomic E-state index is 5.26. The summed E-state index contributed by atoms with van der Waals surface area (Å²) in [7, 11) is 1.74. The van der Waals surface area contributed by atoms with Crippen LogP contribution in [0.25, 0.3) is 0 Å². The number of nitrogens with one attached hydrogen (secondary N) is 1. The van der Waals surface area contributed by atoms with Gasteiger partial charge in [-0.2, -0.15) is 0 Å². The number of likely N-dealkylation sites (N-methyl/N-ethyl adjacent to an activating group) is 1. The summed E-state index contributed by atoms with van der Waals surface area (Å²) in [5.74, 6) is 1.03. The monoisotopic (exact) mass is 279 g/mol. The zero-order valence-electron chi connectivity index (χ0n) is 13.5. The number of nitrogens with zero attached hydrogens (tertiary/aromatic N) is 2. The molecule has 0 bridgehead atoms. The molecule has 1 rings (SSSR count). The van der Waals surface area contributed by atoms with Crippen molar-refractivity contribution in [2.75, 3.05) is 31.7 Å². The molecule has 114 valence electrons. The van der Waals surface area contributed by atoms with Gasteiger partial charge < -0.3 is 15.0 Å². The quantitative estimate of drug-likeness (QED) is 0.754. The van der Waals surface area contributed by atoms with Crippen LogP contribution in [0.4, 0.5) is 5.82 Å². The van der Waals surface area contributed by atoms with E-state index in [4.69, 9.17) is 4.74 Å². The van der Waals surface area contributed by atoms with Gasteiger partial charge in [0, 0.05) is 25.9 Å². The highest BCUT2D eigenvalue weighted by molar-refractivity contribution is 5.42. The van der Waals surface area contributed by atoms with Crippen LogP contribution in [0.2, 0.25) is 0 Å². The van der Waals surface area contributed by atoms with Crippen LogP contribution in [0.15, 0.2) is 18.3 Å². The number of anilines is 1. The summed E-state index contributed by atoms with van der Waals surface area (Å²) in [5.41, 5.74) is 1.28. The van der Waals surface area contributed by atoms with Gasteiger partial charge in [0.2, 0.25) is 0 Å². The Morgan fingerprint density at radius 2 is 2.10 bits per heavy atom.